The Morgan fingerprint density at radius 2 is 1.95 bits per heavy atom. The molecule has 1 heterocycles. The molecule has 0 aliphatic carbocycles. The summed E-state index contributed by atoms with van der Waals surface area (Å²) in [5, 5.41) is 2.99. The number of primary amides is 1. The number of hydrogen-bond donors (Lipinski definition) is 2. The first-order chi connectivity index (χ1) is 8.93. The molecule has 1 saturated heterocycles. The van der Waals surface area contributed by atoms with Gasteiger partial charge in [0, 0.05) is 12.8 Å². The predicted octanol–water partition coefficient (Wildman–Crippen LogP) is 2.05. The third-order valence-electron chi connectivity index (χ3n) is 3.46. The fourth-order valence-electron chi connectivity index (χ4n) is 2.74. The summed E-state index contributed by atoms with van der Waals surface area (Å²) in [6.07, 6.45) is 0.660. The third-order valence-corrected chi connectivity index (χ3v) is 3.46. The second-order valence-corrected chi connectivity index (χ2v) is 5.22. The SMILES string of the molecule is CC1CC(Nc2ccccc2F)(C(N)=O)CC(C)O1. The lowest BCUT2D eigenvalue weighted by Gasteiger charge is -2.41. The highest BCUT2D eigenvalue weighted by Crippen LogP contribution is 2.32. The second kappa shape index (κ2) is 5.17. The summed E-state index contributed by atoms with van der Waals surface area (Å²) in [4.78, 5) is 11.9. The highest BCUT2D eigenvalue weighted by atomic mass is 19.1. The molecule has 1 aliphatic rings. The summed E-state index contributed by atoms with van der Waals surface area (Å²) in [6.45, 7) is 3.77. The number of nitrogens with two attached hydrogens (primary N) is 1. The van der Waals surface area contributed by atoms with E-state index in [1.54, 1.807) is 18.2 Å². The Kier molecular flexibility index (Phi) is 3.75. The monoisotopic (exact) mass is 266 g/mol. The molecule has 0 radical (unpaired) electrons. The van der Waals surface area contributed by atoms with Crippen molar-refractivity contribution in [2.45, 2.75) is 44.4 Å². The molecule has 0 spiro atoms. The molecule has 3 N–H and O–H groups in total. The van der Waals surface area contributed by atoms with Crippen LogP contribution < -0.4 is 11.1 Å². The van der Waals surface area contributed by atoms with E-state index in [1.807, 2.05) is 13.8 Å². The summed E-state index contributed by atoms with van der Waals surface area (Å²) in [5.74, 6) is -0.868. The molecule has 104 valence electrons. The number of benzene rings is 1. The van der Waals surface area contributed by atoms with Gasteiger partial charge >= 0.3 is 0 Å². The maximum Gasteiger partial charge on any atom is 0.243 e. The van der Waals surface area contributed by atoms with Gasteiger partial charge in [-0.25, -0.2) is 4.39 Å². The van der Waals surface area contributed by atoms with Crippen LogP contribution in [0.3, 0.4) is 0 Å². The summed E-state index contributed by atoms with van der Waals surface area (Å²) in [6, 6.07) is 6.27. The molecule has 1 fully saturated rings. The fraction of sp³-hybridized carbons (Fsp3) is 0.500. The number of carbonyl (C=O) groups is 1. The molecule has 5 heteroatoms. The molecule has 0 aromatic heterocycles. The van der Waals surface area contributed by atoms with Crippen molar-refractivity contribution in [2.24, 2.45) is 5.73 Å². The number of para-hydroxylation sites is 1. The number of nitrogens with one attached hydrogen (secondary N) is 1. The average Bonchev–Trinajstić information content (AvgIpc) is 2.30. The summed E-state index contributed by atoms with van der Waals surface area (Å²) in [7, 11) is 0. The van der Waals surface area contributed by atoms with E-state index in [2.05, 4.69) is 5.32 Å². The van der Waals surface area contributed by atoms with E-state index in [-0.39, 0.29) is 12.2 Å². The van der Waals surface area contributed by atoms with Gasteiger partial charge in [0.25, 0.3) is 0 Å². The standard InChI is InChI=1S/C14H19FN2O2/c1-9-7-14(13(16)18,8-10(2)19-9)17-12-6-4-3-5-11(12)15/h3-6,9-10,17H,7-8H2,1-2H3,(H2,16,18). The maximum atomic E-state index is 13.7. The van der Waals surface area contributed by atoms with Crippen LogP contribution in [0.1, 0.15) is 26.7 Å². The number of anilines is 1. The minimum absolute atomic E-state index is 0.101. The number of rotatable bonds is 3. The second-order valence-electron chi connectivity index (χ2n) is 5.22. The van der Waals surface area contributed by atoms with E-state index in [9.17, 15) is 9.18 Å². The molecule has 0 saturated carbocycles. The molecule has 19 heavy (non-hydrogen) atoms. The number of halogens is 1. The number of carbonyl (C=O) groups excluding carboxylic acids is 1. The van der Waals surface area contributed by atoms with Gasteiger partial charge in [0.2, 0.25) is 5.91 Å². The van der Waals surface area contributed by atoms with E-state index in [1.165, 1.54) is 6.07 Å². The van der Waals surface area contributed by atoms with E-state index < -0.39 is 17.3 Å². The minimum atomic E-state index is -0.959. The zero-order valence-electron chi connectivity index (χ0n) is 11.2. The van der Waals surface area contributed by atoms with Gasteiger partial charge in [-0.15, -0.1) is 0 Å². The van der Waals surface area contributed by atoms with Gasteiger partial charge in [0.15, 0.2) is 0 Å². The number of ether oxygens (including phenoxy) is 1. The van der Waals surface area contributed by atoms with Crippen LogP contribution in [0.25, 0.3) is 0 Å². The first-order valence-corrected chi connectivity index (χ1v) is 6.41. The molecule has 2 rings (SSSR count). The van der Waals surface area contributed by atoms with Crippen molar-refractivity contribution in [3.05, 3.63) is 30.1 Å². The van der Waals surface area contributed by atoms with E-state index in [4.69, 9.17) is 10.5 Å². The summed E-state index contributed by atoms with van der Waals surface area (Å²) < 4.78 is 19.3. The van der Waals surface area contributed by atoms with Gasteiger partial charge < -0.3 is 15.8 Å². The quantitative estimate of drug-likeness (QED) is 0.880. The molecule has 1 amide bonds. The number of amides is 1. The Morgan fingerprint density at radius 1 is 1.37 bits per heavy atom. The minimum Gasteiger partial charge on any atom is -0.375 e. The van der Waals surface area contributed by atoms with Crippen LogP contribution in [-0.2, 0) is 9.53 Å². The molecular formula is C14H19FN2O2. The lowest BCUT2D eigenvalue weighted by Crippen LogP contribution is -2.57. The van der Waals surface area contributed by atoms with Crippen molar-refractivity contribution >= 4 is 11.6 Å². The Morgan fingerprint density at radius 3 is 2.47 bits per heavy atom. The van der Waals surface area contributed by atoms with Crippen LogP contribution >= 0.6 is 0 Å². The van der Waals surface area contributed by atoms with Gasteiger partial charge in [0.1, 0.15) is 11.4 Å². The van der Waals surface area contributed by atoms with E-state index >= 15 is 0 Å². The van der Waals surface area contributed by atoms with Crippen LogP contribution in [0.4, 0.5) is 10.1 Å². The van der Waals surface area contributed by atoms with Crippen LogP contribution in [0.15, 0.2) is 24.3 Å². The van der Waals surface area contributed by atoms with Crippen molar-refractivity contribution in [2.75, 3.05) is 5.32 Å². The normalized spacial score (nSPS) is 30.9. The van der Waals surface area contributed by atoms with Crippen molar-refractivity contribution < 1.29 is 13.9 Å². The van der Waals surface area contributed by atoms with Crippen LogP contribution in [0.5, 0.6) is 0 Å². The average molecular weight is 266 g/mol. The number of hydrogen-bond acceptors (Lipinski definition) is 3. The Hall–Kier alpha value is -1.62. The topological polar surface area (TPSA) is 64.3 Å². The third kappa shape index (κ3) is 2.87. The van der Waals surface area contributed by atoms with Crippen LogP contribution in [-0.4, -0.2) is 23.7 Å². The van der Waals surface area contributed by atoms with Crippen molar-refractivity contribution in [3.63, 3.8) is 0 Å². The highest BCUT2D eigenvalue weighted by Gasteiger charge is 2.43. The van der Waals surface area contributed by atoms with E-state index in [0.717, 1.165) is 0 Å². The highest BCUT2D eigenvalue weighted by molar-refractivity contribution is 5.88. The molecule has 1 aliphatic heterocycles. The van der Waals surface area contributed by atoms with Crippen LogP contribution in [0, 0.1) is 5.82 Å². The smallest absolute Gasteiger partial charge is 0.243 e. The molecule has 4 nitrogen and oxygen atoms in total. The molecular weight excluding hydrogens is 247 g/mol. The van der Waals surface area contributed by atoms with Gasteiger partial charge in [-0.1, -0.05) is 12.1 Å². The zero-order chi connectivity index (χ0) is 14.0. The molecule has 2 unspecified atom stereocenters. The Bertz CT molecular complexity index is 468. The zero-order valence-corrected chi connectivity index (χ0v) is 11.2. The fourth-order valence-corrected chi connectivity index (χ4v) is 2.74. The molecule has 1 aromatic rings. The first kappa shape index (κ1) is 13.8. The van der Waals surface area contributed by atoms with Gasteiger partial charge in [0.05, 0.1) is 17.9 Å². The summed E-state index contributed by atoms with van der Waals surface area (Å²) >= 11 is 0. The molecule has 0 bridgehead atoms. The maximum absolute atomic E-state index is 13.7. The van der Waals surface area contributed by atoms with Gasteiger partial charge in [-0.05, 0) is 26.0 Å². The summed E-state index contributed by atoms with van der Waals surface area (Å²) in [5.41, 5.74) is 4.88. The largest absolute Gasteiger partial charge is 0.375 e. The Balaban J connectivity index is 2.30. The first-order valence-electron chi connectivity index (χ1n) is 6.41. The van der Waals surface area contributed by atoms with Crippen molar-refractivity contribution in [1.29, 1.82) is 0 Å². The van der Waals surface area contributed by atoms with Gasteiger partial charge in [-0.3, -0.25) is 4.79 Å². The van der Waals surface area contributed by atoms with E-state index in [0.29, 0.717) is 18.5 Å². The van der Waals surface area contributed by atoms with Gasteiger partial charge in [-0.2, -0.15) is 0 Å². The van der Waals surface area contributed by atoms with Crippen LogP contribution in [0.2, 0.25) is 0 Å². The lowest BCUT2D eigenvalue weighted by atomic mass is 9.83. The lowest BCUT2D eigenvalue weighted by molar-refractivity contribution is -0.131. The molecule has 2 atom stereocenters. The molecule has 1 aromatic carbocycles. The predicted molar refractivity (Wildman–Crippen MR) is 71.2 cm³/mol. The van der Waals surface area contributed by atoms with Crippen molar-refractivity contribution in [1.82, 2.24) is 0 Å². The van der Waals surface area contributed by atoms with Crippen molar-refractivity contribution in [3.8, 4) is 0 Å². The Labute approximate surface area is 112 Å².